The van der Waals surface area contributed by atoms with Crippen LogP contribution < -0.4 is 5.32 Å². The Balaban J connectivity index is 1.35. The van der Waals surface area contributed by atoms with Crippen molar-refractivity contribution in [3.05, 3.63) is 17.3 Å². The second kappa shape index (κ2) is 10.1. The molecule has 37 heavy (non-hydrogen) atoms. The normalized spacial score (nSPS) is 26.6. The molecule has 3 aromatic rings. The maximum absolute atomic E-state index is 12.2. The van der Waals surface area contributed by atoms with Crippen molar-refractivity contribution in [3.63, 3.8) is 0 Å². The van der Waals surface area contributed by atoms with Crippen LogP contribution in [0.4, 0.5) is 5.82 Å². The molecule has 16 nitrogen and oxygen atoms in total. The summed E-state index contributed by atoms with van der Waals surface area (Å²) in [7, 11) is -4.84. The summed E-state index contributed by atoms with van der Waals surface area (Å²) >= 11 is 6.17. The van der Waals surface area contributed by atoms with E-state index in [0.29, 0.717) is 11.2 Å². The Morgan fingerprint density at radius 2 is 2.05 bits per heavy atom. The molecule has 2 aliphatic rings. The number of aromatic nitrogens is 8. The molecule has 4 heterocycles. The zero-order valence-corrected chi connectivity index (χ0v) is 21.3. The van der Waals surface area contributed by atoms with Gasteiger partial charge in [0, 0.05) is 6.04 Å². The highest BCUT2D eigenvalue weighted by Crippen LogP contribution is 2.52. The Labute approximate surface area is 214 Å². The van der Waals surface area contributed by atoms with Crippen LogP contribution in [0.5, 0.6) is 0 Å². The zero-order chi connectivity index (χ0) is 26.4. The van der Waals surface area contributed by atoms with Crippen molar-refractivity contribution >= 4 is 36.0 Å². The molecule has 1 aliphatic carbocycles. The molecule has 18 heteroatoms. The fourth-order valence-corrected chi connectivity index (χ4v) is 5.33. The van der Waals surface area contributed by atoms with E-state index in [1.807, 2.05) is 0 Å². The number of halogens is 1. The first-order chi connectivity index (χ1) is 17.6. The van der Waals surface area contributed by atoms with Crippen LogP contribution in [0.1, 0.15) is 44.7 Å². The number of H-pyrrole nitrogens is 1. The maximum atomic E-state index is 12.2. The van der Waals surface area contributed by atoms with Crippen LogP contribution >= 0.6 is 19.2 Å². The van der Waals surface area contributed by atoms with Crippen molar-refractivity contribution in [2.24, 2.45) is 0 Å². The van der Waals surface area contributed by atoms with Gasteiger partial charge in [0.2, 0.25) is 5.28 Å². The second-order valence-electron chi connectivity index (χ2n) is 9.37. The molecule has 5 rings (SSSR count). The highest BCUT2D eigenvalue weighted by Gasteiger charge is 2.49. The Bertz CT molecular complexity index is 1280. The monoisotopic (exact) mass is 559 g/mol. The third kappa shape index (κ3) is 5.20. The van der Waals surface area contributed by atoms with Crippen LogP contribution in [0.25, 0.3) is 11.0 Å². The largest absolute Gasteiger partial charge is 0.387 e. The average molecular weight is 560 g/mol. The Morgan fingerprint density at radius 3 is 2.73 bits per heavy atom. The molecular formula is C19H27ClN9O7P. The summed E-state index contributed by atoms with van der Waals surface area (Å²) in [5, 5.41) is 40.6. The lowest BCUT2D eigenvalue weighted by atomic mass is 10.1. The van der Waals surface area contributed by atoms with Gasteiger partial charge in [-0.1, -0.05) is 18.1 Å². The molecule has 0 amide bonds. The summed E-state index contributed by atoms with van der Waals surface area (Å²) in [6.07, 6.45) is 0.194. The lowest BCUT2D eigenvalue weighted by Gasteiger charge is -2.30. The van der Waals surface area contributed by atoms with E-state index in [1.165, 1.54) is 17.8 Å². The number of hydrogen-bond donors (Lipinski definition) is 6. The van der Waals surface area contributed by atoms with Gasteiger partial charge in [-0.3, -0.25) is 4.57 Å². The van der Waals surface area contributed by atoms with Crippen molar-refractivity contribution in [3.8, 4) is 0 Å². The molecule has 0 bridgehead atoms. The molecular weight excluding hydrogens is 533 g/mol. The van der Waals surface area contributed by atoms with Gasteiger partial charge in [0.05, 0.1) is 24.6 Å². The Kier molecular flexibility index (Phi) is 7.19. The number of rotatable bonds is 9. The van der Waals surface area contributed by atoms with Crippen LogP contribution in [-0.2, 0) is 20.5 Å². The number of anilines is 1. The third-order valence-corrected chi connectivity index (χ3v) is 8.44. The van der Waals surface area contributed by atoms with Crippen molar-refractivity contribution in [2.75, 3.05) is 11.9 Å². The van der Waals surface area contributed by atoms with Crippen LogP contribution in [0.15, 0.2) is 6.20 Å². The van der Waals surface area contributed by atoms with E-state index in [0.717, 1.165) is 25.7 Å². The van der Waals surface area contributed by atoms with Gasteiger partial charge in [-0.2, -0.15) is 20.3 Å². The number of hydrogen-bond acceptors (Lipinski definition) is 12. The standard InChI is InChI=1S/C19H27ClN9O7P/c1-19(37(32,33)34,6-12-25-27-28-26-12)35-8-11-13(30)14(31)17(36-11)29-16-10(7-21-29)15(23-18(20)24-16)22-9-4-2-3-5-9/h7,9,11,13-14,17,30-31H,2-6,8H2,1H3,(H,22,23,24)(H2,32,33,34)(H,25,26,27,28)/t11-,13-,14-,17-,19?/m1/s1. The smallest absolute Gasteiger partial charge is 0.357 e. The minimum Gasteiger partial charge on any atom is -0.387 e. The summed E-state index contributed by atoms with van der Waals surface area (Å²) in [4.78, 5) is 28.3. The number of aliphatic hydroxyl groups excluding tert-OH is 2. The SMILES string of the molecule is CC(Cc1nn[nH]n1)(OC[C@H]1O[C@@H](n2ncc3c(NC4CCCC4)nc(Cl)nc32)[C@H](O)[C@@H]1O)P(=O)(O)O. The number of nitrogens with one attached hydrogen (secondary N) is 2. The summed E-state index contributed by atoms with van der Waals surface area (Å²) in [5.41, 5.74) is 0.287. The molecule has 2 fully saturated rings. The molecule has 5 atom stereocenters. The summed E-state index contributed by atoms with van der Waals surface area (Å²) in [6, 6.07) is 0.255. The van der Waals surface area contributed by atoms with Gasteiger partial charge in [0.15, 0.2) is 23.0 Å². The third-order valence-electron chi connectivity index (χ3n) is 6.75. The van der Waals surface area contributed by atoms with Crippen molar-refractivity contribution in [1.29, 1.82) is 0 Å². The van der Waals surface area contributed by atoms with Gasteiger partial charge in [-0.25, -0.2) is 4.68 Å². The van der Waals surface area contributed by atoms with Crippen LogP contribution in [0, 0.1) is 0 Å². The number of ether oxygens (including phenoxy) is 2. The number of aliphatic hydroxyl groups is 2. The highest BCUT2D eigenvalue weighted by atomic mass is 35.5. The number of aromatic amines is 1. The van der Waals surface area contributed by atoms with Gasteiger partial charge in [0.25, 0.3) is 0 Å². The van der Waals surface area contributed by atoms with E-state index in [9.17, 15) is 24.6 Å². The zero-order valence-electron chi connectivity index (χ0n) is 19.7. The molecule has 202 valence electrons. The van der Waals surface area contributed by atoms with Crippen molar-refractivity contribution in [2.45, 2.75) is 75.0 Å². The lowest BCUT2D eigenvalue weighted by Crippen LogP contribution is -2.39. The summed E-state index contributed by atoms with van der Waals surface area (Å²) in [5.74, 6) is 0.540. The maximum Gasteiger partial charge on any atom is 0.357 e. The first-order valence-electron chi connectivity index (χ1n) is 11.7. The fraction of sp³-hybridized carbons (Fsp3) is 0.684. The molecule has 0 radical (unpaired) electrons. The average Bonchev–Trinajstić information content (AvgIpc) is 3.63. The molecule has 1 aliphatic heterocycles. The van der Waals surface area contributed by atoms with Crippen LogP contribution in [0.3, 0.4) is 0 Å². The van der Waals surface area contributed by atoms with E-state index in [4.69, 9.17) is 21.1 Å². The minimum atomic E-state index is -4.84. The molecule has 6 N–H and O–H groups in total. The van der Waals surface area contributed by atoms with E-state index in [2.05, 4.69) is 41.0 Å². The predicted octanol–water partition coefficient (Wildman–Crippen LogP) is 0.120. The Morgan fingerprint density at radius 1 is 1.30 bits per heavy atom. The number of fused-ring (bicyclic) bond motifs is 1. The van der Waals surface area contributed by atoms with Crippen molar-refractivity contribution in [1.82, 2.24) is 40.4 Å². The first-order valence-corrected chi connectivity index (χ1v) is 13.7. The highest BCUT2D eigenvalue weighted by molar-refractivity contribution is 7.53. The van der Waals surface area contributed by atoms with Crippen LogP contribution in [0.2, 0.25) is 5.28 Å². The predicted molar refractivity (Wildman–Crippen MR) is 126 cm³/mol. The molecule has 0 spiro atoms. The molecule has 1 unspecified atom stereocenters. The lowest BCUT2D eigenvalue weighted by molar-refractivity contribution is -0.0946. The van der Waals surface area contributed by atoms with E-state index >= 15 is 0 Å². The molecule has 1 saturated carbocycles. The topological polar surface area (TPSA) is 227 Å². The van der Waals surface area contributed by atoms with Gasteiger partial charge in [-0.05, 0) is 31.4 Å². The molecule has 1 saturated heterocycles. The van der Waals surface area contributed by atoms with Crippen LogP contribution in [-0.4, -0.2) is 96.7 Å². The van der Waals surface area contributed by atoms with Gasteiger partial charge >= 0.3 is 7.60 Å². The molecule has 0 aromatic carbocycles. The summed E-state index contributed by atoms with van der Waals surface area (Å²) < 4.78 is 24.9. The van der Waals surface area contributed by atoms with E-state index in [-0.39, 0.29) is 29.2 Å². The Hall–Kier alpha value is -2.30. The summed E-state index contributed by atoms with van der Waals surface area (Å²) in [6.45, 7) is 0.732. The quantitative estimate of drug-likeness (QED) is 0.151. The molecule has 3 aromatic heterocycles. The number of nitrogens with zero attached hydrogens (tertiary/aromatic N) is 7. The van der Waals surface area contributed by atoms with Gasteiger partial charge in [-0.15, -0.1) is 10.2 Å². The fourth-order valence-electron chi connectivity index (χ4n) is 4.58. The second-order valence-corrected chi connectivity index (χ2v) is 11.7. The van der Waals surface area contributed by atoms with Crippen molar-refractivity contribution < 1.29 is 34.0 Å². The van der Waals surface area contributed by atoms with Gasteiger partial charge < -0.3 is 34.8 Å². The van der Waals surface area contributed by atoms with E-state index in [1.54, 1.807) is 0 Å². The van der Waals surface area contributed by atoms with E-state index < -0.39 is 44.1 Å². The minimum absolute atomic E-state index is 0.0261. The first kappa shape index (κ1) is 26.3. The van der Waals surface area contributed by atoms with Gasteiger partial charge in [0.1, 0.15) is 24.1 Å². The number of tetrazole rings is 1.